The van der Waals surface area contributed by atoms with Gasteiger partial charge in [-0.3, -0.25) is 10.6 Å². The van der Waals surface area contributed by atoms with E-state index >= 15 is 0 Å². The summed E-state index contributed by atoms with van der Waals surface area (Å²) in [7, 11) is -3.75. The van der Waals surface area contributed by atoms with Gasteiger partial charge in [-0.1, -0.05) is 18.2 Å². The minimum atomic E-state index is -3.75. The average Bonchev–Trinajstić information content (AvgIpc) is 2.37. The third-order valence-corrected chi connectivity index (χ3v) is 3.86. The van der Waals surface area contributed by atoms with E-state index in [0.717, 1.165) is 0 Å². The van der Waals surface area contributed by atoms with Crippen molar-refractivity contribution in [3.63, 3.8) is 0 Å². The Balaban J connectivity index is 2.66. The number of esters is 1. The number of nitrogens with zero attached hydrogens (tertiary/aromatic N) is 1. The molecule has 1 aromatic carbocycles. The highest BCUT2D eigenvalue weighted by Crippen LogP contribution is 2.12. The van der Waals surface area contributed by atoms with Gasteiger partial charge < -0.3 is 4.74 Å². The van der Waals surface area contributed by atoms with Gasteiger partial charge in [-0.05, 0) is 19.1 Å². The number of rotatable bonds is 6. The van der Waals surface area contributed by atoms with E-state index in [1.54, 1.807) is 25.1 Å². The molecule has 0 aliphatic heterocycles. The topological polar surface area (TPSA) is 89.7 Å². The fraction of sp³-hybridized carbons (Fsp3) is 0.364. The zero-order chi connectivity index (χ0) is 13.6. The van der Waals surface area contributed by atoms with Crippen molar-refractivity contribution in [1.82, 2.24) is 4.41 Å². The summed E-state index contributed by atoms with van der Waals surface area (Å²) in [5, 5.41) is 0. The van der Waals surface area contributed by atoms with E-state index in [1.807, 2.05) is 0 Å². The van der Waals surface area contributed by atoms with Crippen LogP contribution in [0, 0.1) is 0 Å². The monoisotopic (exact) mass is 272 g/mol. The van der Waals surface area contributed by atoms with Gasteiger partial charge in [0.25, 0.3) is 10.0 Å². The van der Waals surface area contributed by atoms with Gasteiger partial charge in [0, 0.05) is 6.54 Å². The lowest BCUT2D eigenvalue weighted by atomic mass is 10.4. The Kier molecular flexibility index (Phi) is 5.26. The van der Waals surface area contributed by atoms with Crippen LogP contribution in [0.25, 0.3) is 0 Å². The second kappa shape index (κ2) is 6.48. The number of hydrogen-bond acceptors (Lipinski definition) is 5. The largest absolute Gasteiger partial charge is 0.466 e. The highest BCUT2D eigenvalue weighted by molar-refractivity contribution is 7.89. The lowest BCUT2D eigenvalue weighted by Crippen LogP contribution is -2.39. The second-order valence-electron chi connectivity index (χ2n) is 3.48. The van der Waals surface area contributed by atoms with Crippen molar-refractivity contribution in [1.29, 1.82) is 0 Å². The molecule has 0 unspecified atom stereocenters. The van der Waals surface area contributed by atoms with Crippen molar-refractivity contribution in [2.45, 2.75) is 18.2 Å². The van der Waals surface area contributed by atoms with Crippen molar-refractivity contribution < 1.29 is 17.9 Å². The Morgan fingerprint density at radius 3 is 2.50 bits per heavy atom. The number of benzene rings is 1. The predicted octanol–water partition coefficient (Wildman–Crippen LogP) is 0.504. The Morgan fingerprint density at radius 1 is 1.33 bits per heavy atom. The van der Waals surface area contributed by atoms with Crippen molar-refractivity contribution in [2.24, 2.45) is 5.84 Å². The van der Waals surface area contributed by atoms with Crippen molar-refractivity contribution in [3.8, 4) is 0 Å². The maximum Gasteiger partial charge on any atom is 0.307 e. The number of hydrazine groups is 1. The highest BCUT2D eigenvalue weighted by atomic mass is 32.2. The van der Waals surface area contributed by atoms with Gasteiger partial charge >= 0.3 is 5.97 Å². The van der Waals surface area contributed by atoms with Crippen molar-refractivity contribution in [3.05, 3.63) is 30.3 Å². The number of sulfonamides is 1. The Hall–Kier alpha value is -1.44. The van der Waals surface area contributed by atoms with E-state index in [-0.39, 0.29) is 24.5 Å². The molecule has 6 nitrogen and oxygen atoms in total. The SMILES string of the molecule is CCOC(=O)CCN(N)S(=O)(=O)c1ccccc1. The smallest absolute Gasteiger partial charge is 0.307 e. The molecule has 0 fully saturated rings. The minimum absolute atomic E-state index is 0.0730. The summed E-state index contributed by atoms with van der Waals surface area (Å²) in [5.74, 6) is 4.99. The lowest BCUT2D eigenvalue weighted by Gasteiger charge is -2.16. The summed E-state index contributed by atoms with van der Waals surface area (Å²) in [5.41, 5.74) is 0. The van der Waals surface area contributed by atoms with E-state index in [4.69, 9.17) is 10.6 Å². The molecule has 0 aliphatic rings. The van der Waals surface area contributed by atoms with E-state index in [2.05, 4.69) is 0 Å². The molecule has 1 rings (SSSR count). The minimum Gasteiger partial charge on any atom is -0.466 e. The maximum atomic E-state index is 12.0. The van der Waals surface area contributed by atoms with Crippen LogP contribution in [-0.4, -0.2) is 32.0 Å². The highest BCUT2D eigenvalue weighted by Gasteiger charge is 2.21. The molecule has 0 aliphatic carbocycles. The van der Waals surface area contributed by atoms with Crippen LogP contribution in [0.3, 0.4) is 0 Å². The van der Waals surface area contributed by atoms with Crippen LogP contribution in [-0.2, 0) is 19.6 Å². The molecule has 18 heavy (non-hydrogen) atoms. The fourth-order valence-electron chi connectivity index (χ4n) is 1.28. The summed E-state index contributed by atoms with van der Waals surface area (Å²) in [6.07, 6.45) is -0.0730. The van der Waals surface area contributed by atoms with Crippen LogP contribution >= 0.6 is 0 Å². The van der Waals surface area contributed by atoms with Gasteiger partial charge in [-0.25, -0.2) is 8.42 Å². The van der Waals surface area contributed by atoms with Crippen LogP contribution in [0.1, 0.15) is 13.3 Å². The molecule has 0 heterocycles. The number of carbonyl (C=O) groups excluding carboxylic acids is 1. The van der Waals surface area contributed by atoms with Gasteiger partial charge in [0.05, 0.1) is 17.9 Å². The number of hydrogen-bond donors (Lipinski definition) is 1. The summed E-state index contributed by atoms with van der Waals surface area (Å²) in [6.45, 7) is 1.82. The molecule has 0 bridgehead atoms. The zero-order valence-electron chi connectivity index (χ0n) is 10.1. The number of ether oxygens (including phenoxy) is 1. The Bertz CT molecular complexity index is 487. The van der Waals surface area contributed by atoms with Gasteiger partial charge in [0.1, 0.15) is 0 Å². The molecule has 7 heteroatoms. The first kappa shape index (κ1) is 14.6. The number of carbonyl (C=O) groups is 1. The second-order valence-corrected chi connectivity index (χ2v) is 5.37. The maximum absolute atomic E-state index is 12.0. The average molecular weight is 272 g/mol. The van der Waals surface area contributed by atoms with Crippen molar-refractivity contribution in [2.75, 3.05) is 13.2 Å². The first-order valence-corrected chi connectivity index (χ1v) is 6.90. The van der Waals surface area contributed by atoms with Gasteiger partial charge in [-0.15, -0.1) is 4.41 Å². The van der Waals surface area contributed by atoms with E-state index in [1.165, 1.54) is 12.1 Å². The molecule has 0 saturated heterocycles. The molecule has 0 spiro atoms. The van der Waals surface area contributed by atoms with Crippen LogP contribution in [0.5, 0.6) is 0 Å². The van der Waals surface area contributed by atoms with Gasteiger partial charge in [0.15, 0.2) is 0 Å². The first-order valence-electron chi connectivity index (χ1n) is 5.46. The summed E-state index contributed by atoms with van der Waals surface area (Å²) < 4.78 is 29.2. The standard InChI is InChI=1S/C11H16N2O4S/c1-2-17-11(14)8-9-13(12)18(15,16)10-6-4-3-5-7-10/h3-7H,2,8-9,12H2,1H3. The normalized spacial score (nSPS) is 11.5. The number of nitrogens with two attached hydrogens (primary N) is 1. The molecule has 1 aromatic rings. The zero-order valence-corrected chi connectivity index (χ0v) is 10.9. The quantitative estimate of drug-likeness (QED) is 0.463. The molecule has 0 saturated carbocycles. The molecule has 0 radical (unpaired) electrons. The van der Waals surface area contributed by atoms with Crippen LogP contribution < -0.4 is 5.84 Å². The molecular formula is C11H16N2O4S. The lowest BCUT2D eigenvalue weighted by molar-refractivity contribution is -0.143. The van der Waals surface area contributed by atoms with Gasteiger partial charge in [-0.2, -0.15) is 0 Å². The first-order chi connectivity index (χ1) is 8.48. The van der Waals surface area contributed by atoms with E-state index in [9.17, 15) is 13.2 Å². The third kappa shape index (κ3) is 3.80. The van der Waals surface area contributed by atoms with E-state index < -0.39 is 16.0 Å². The molecular weight excluding hydrogens is 256 g/mol. The van der Waals surface area contributed by atoms with Gasteiger partial charge in [0.2, 0.25) is 0 Å². The van der Waals surface area contributed by atoms with Crippen LogP contribution in [0.15, 0.2) is 35.2 Å². The molecule has 0 aromatic heterocycles. The molecule has 2 N–H and O–H groups in total. The van der Waals surface area contributed by atoms with Crippen LogP contribution in [0.4, 0.5) is 0 Å². The van der Waals surface area contributed by atoms with E-state index in [0.29, 0.717) is 4.41 Å². The predicted molar refractivity (Wildman–Crippen MR) is 65.8 cm³/mol. The Labute approximate surface area is 106 Å². The third-order valence-electron chi connectivity index (χ3n) is 2.19. The van der Waals surface area contributed by atoms with Crippen molar-refractivity contribution >= 4 is 16.0 Å². The summed E-state index contributed by atoms with van der Waals surface area (Å²) in [4.78, 5) is 11.2. The Morgan fingerprint density at radius 2 is 1.94 bits per heavy atom. The molecule has 0 atom stereocenters. The summed E-state index contributed by atoms with van der Waals surface area (Å²) >= 11 is 0. The fourth-order valence-corrected chi connectivity index (χ4v) is 2.39. The molecule has 0 amide bonds. The summed E-state index contributed by atoms with van der Waals surface area (Å²) in [6, 6.07) is 7.80. The molecule has 100 valence electrons. The van der Waals surface area contributed by atoms with Crippen LogP contribution in [0.2, 0.25) is 0 Å².